The first-order valence-corrected chi connectivity index (χ1v) is 5.81. The highest BCUT2D eigenvalue weighted by atomic mass is 16.5. The lowest BCUT2D eigenvalue weighted by Gasteiger charge is -2.10. The fraction of sp³-hybridized carbons (Fsp3) is 0.333. The van der Waals surface area contributed by atoms with Crippen LogP contribution in [0.5, 0.6) is 0 Å². The summed E-state index contributed by atoms with van der Waals surface area (Å²) in [6.07, 6.45) is 1.19. The van der Waals surface area contributed by atoms with Gasteiger partial charge in [0.1, 0.15) is 17.2 Å². The predicted octanol–water partition coefficient (Wildman–Crippen LogP) is 0.116. The molecule has 106 valence electrons. The zero-order chi connectivity index (χ0) is 14.9. The summed E-state index contributed by atoms with van der Waals surface area (Å²) < 4.78 is 9.78. The first kappa shape index (κ1) is 13.8. The first-order valence-electron chi connectivity index (χ1n) is 5.81. The summed E-state index contributed by atoms with van der Waals surface area (Å²) in [6, 6.07) is -0.840. The SMILES string of the molecule is COC(=O)C(C)NC(=O)c1c(C)oc2nc[nH]c(=O)c12. The fourth-order valence-electron chi connectivity index (χ4n) is 1.83. The maximum absolute atomic E-state index is 12.2. The Balaban J connectivity index is 2.43. The molecular weight excluding hydrogens is 266 g/mol. The number of aromatic amines is 1. The lowest BCUT2D eigenvalue weighted by molar-refractivity contribution is -0.142. The Bertz CT molecular complexity index is 730. The molecule has 0 aromatic carbocycles. The summed E-state index contributed by atoms with van der Waals surface area (Å²) in [5, 5.41) is 2.49. The third-order valence-electron chi connectivity index (χ3n) is 2.80. The van der Waals surface area contributed by atoms with Gasteiger partial charge in [-0.1, -0.05) is 0 Å². The van der Waals surface area contributed by atoms with Gasteiger partial charge in [0.05, 0.1) is 19.0 Å². The minimum atomic E-state index is -0.840. The number of amides is 1. The second kappa shape index (κ2) is 5.16. The van der Waals surface area contributed by atoms with Crippen molar-refractivity contribution in [2.24, 2.45) is 0 Å². The van der Waals surface area contributed by atoms with E-state index >= 15 is 0 Å². The molecule has 0 fully saturated rings. The Hall–Kier alpha value is -2.64. The van der Waals surface area contributed by atoms with Crippen LogP contribution < -0.4 is 10.9 Å². The molecule has 2 rings (SSSR count). The number of fused-ring (bicyclic) bond motifs is 1. The van der Waals surface area contributed by atoms with Gasteiger partial charge in [-0.15, -0.1) is 0 Å². The van der Waals surface area contributed by atoms with Crippen LogP contribution in [0.1, 0.15) is 23.0 Å². The van der Waals surface area contributed by atoms with Crippen LogP contribution in [0.4, 0.5) is 0 Å². The van der Waals surface area contributed by atoms with Crippen molar-refractivity contribution in [2.75, 3.05) is 7.11 Å². The zero-order valence-corrected chi connectivity index (χ0v) is 11.1. The van der Waals surface area contributed by atoms with E-state index in [9.17, 15) is 14.4 Å². The summed E-state index contributed by atoms with van der Waals surface area (Å²) in [5.74, 6) is -0.938. The van der Waals surface area contributed by atoms with E-state index in [2.05, 4.69) is 20.0 Å². The van der Waals surface area contributed by atoms with Gasteiger partial charge >= 0.3 is 5.97 Å². The largest absolute Gasteiger partial charge is 0.467 e. The van der Waals surface area contributed by atoms with E-state index in [4.69, 9.17) is 4.42 Å². The molecule has 1 unspecified atom stereocenters. The minimum Gasteiger partial charge on any atom is -0.467 e. The predicted molar refractivity (Wildman–Crippen MR) is 68.3 cm³/mol. The molecule has 0 spiro atoms. The molecule has 2 aromatic heterocycles. The maximum Gasteiger partial charge on any atom is 0.328 e. The van der Waals surface area contributed by atoms with Gasteiger partial charge in [0, 0.05) is 0 Å². The van der Waals surface area contributed by atoms with Crippen molar-refractivity contribution >= 4 is 23.0 Å². The molecule has 0 saturated heterocycles. The number of esters is 1. The molecule has 0 aliphatic carbocycles. The normalized spacial score (nSPS) is 12.2. The van der Waals surface area contributed by atoms with E-state index in [0.717, 1.165) is 0 Å². The molecule has 0 aliphatic heterocycles. The van der Waals surface area contributed by atoms with Crippen molar-refractivity contribution in [1.29, 1.82) is 0 Å². The molecule has 0 aliphatic rings. The molecule has 1 amide bonds. The Labute approximate surface area is 113 Å². The van der Waals surface area contributed by atoms with Gasteiger partial charge < -0.3 is 19.5 Å². The topological polar surface area (TPSA) is 114 Å². The van der Waals surface area contributed by atoms with Crippen LogP contribution in [0.2, 0.25) is 0 Å². The standard InChI is InChI=1S/C12H13N3O5/c1-5(12(18)19-3)15-10(17)7-6(2)20-11-8(7)9(16)13-4-14-11/h4-5H,1-3H3,(H,15,17)(H,13,14,16). The fourth-order valence-corrected chi connectivity index (χ4v) is 1.83. The van der Waals surface area contributed by atoms with Gasteiger partial charge in [-0.25, -0.2) is 9.78 Å². The molecular formula is C12H13N3O5. The van der Waals surface area contributed by atoms with Gasteiger partial charge in [0.15, 0.2) is 0 Å². The van der Waals surface area contributed by atoms with E-state index in [-0.39, 0.29) is 22.4 Å². The van der Waals surface area contributed by atoms with Crippen molar-refractivity contribution in [2.45, 2.75) is 19.9 Å². The van der Waals surface area contributed by atoms with Gasteiger partial charge in [-0.05, 0) is 13.8 Å². The van der Waals surface area contributed by atoms with E-state index < -0.39 is 23.5 Å². The lowest BCUT2D eigenvalue weighted by Crippen LogP contribution is -2.39. The van der Waals surface area contributed by atoms with E-state index in [1.165, 1.54) is 20.4 Å². The van der Waals surface area contributed by atoms with Gasteiger partial charge in [-0.2, -0.15) is 0 Å². The third kappa shape index (κ3) is 2.27. The van der Waals surface area contributed by atoms with Crippen molar-refractivity contribution < 1.29 is 18.7 Å². The second-order valence-corrected chi connectivity index (χ2v) is 4.16. The van der Waals surface area contributed by atoms with E-state index in [1.807, 2.05) is 0 Å². The van der Waals surface area contributed by atoms with Crippen LogP contribution in [0.25, 0.3) is 11.1 Å². The maximum atomic E-state index is 12.2. The summed E-state index contributed by atoms with van der Waals surface area (Å²) in [5.41, 5.74) is -0.352. The third-order valence-corrected chi connectivity index (χ3v) is 2.80. The minimum absolute atomic E-state index is 0.0552. The van der Waals surface area contributed by atoms with Crippen LogP contribution in [0.3, 0.4) is 0 Å². The Morgan fingerprint density at radius 1 is 1.50 bits per heavy atom. The highest BCUT2D eigenvalue weighted by Crippen LogP contribution is 2.20. The molecule has 2 heterocycles. The summed E-state index contributed by atoms with van der Waals surface area (Å²) in [6.45, 7) is 3.02. The van der Waals surface area contributed by atoms with Crippen molar-refractivity contribution in [3.05, 3.63) is 28.0 Å². The molecule has 8 heteroatoms. The summed E-state index contributed by atoms with van der Waals surface area (Å²) in [7, 11) is 1.22. The number of furan rings is 1. The number of carbonyl (C=O) groups excluding carboxylic acids is 2. The number of nitrogens with one attached hydrogen (secondary N) is 2. The van der Waals surface area contributed by atoms with Gasteiger partial charge in [0.2, 0.25) is 5.71 Å². The number of rotatable bonds is 3. The molecule has 20 heavy (non-hydrogen) atoms. The number of hydrogen-bond donors (Lipinski definition) is 2. The Kier molecular flexibility index (Phi) is 3.55. The van der Waals surface area contributed by atoms with Crippen LogP contribution >= 0.6 is 0 Å². The Morgan fingerprint density at radius 2 is 2.20 bits per heavy atom. The van der Waals surface area contributed by atoms with Crippen LogP contribution in [-0.2, 0) is 9.53 Å². The first-order chi connectivity index (χ1) is 9.45. The van der Waals surface area contributed by atoms with E-state index in [1.54, 1.807) is 6.92 Å². The molecule has 8 nitrogen and oxygen atoms in total. The van der Waals surface area contributed by atoms with Gasteiger partial charge in [0.25, 0.3) is 11.5 Å². The van der Waals surface area contributed by atoms with Crippen LogP contribution in [0.15, 0.2) is 15.5 Å². The number of aromatic nitrogens is 2. The van der Waals surface area contributed by atoms with Crippen LogP contribution in [0, 0.1) is 6.92 Å². The Morgan fingerprint density at radius 3 is 2.85 bits per heavy atom. The van der Waals surface area contributed by atoms with Crippen molar-refractivity contribution in [3.63, 3.8) is 0 Å². The van der Waals surface area contributed by atoms with Crippen molar-refractivity contribution in [3.8, 4) is 0 Å². The van der Waals surface area contributed by atoms with E-state index in [0.29, 0.717) is 0 Å². The number of aryl methyl sites for hydroxylation is 1. The smallest absolute Gasteiger partial charge is 0.328 e. The number of H-pyrrole nitrogens is 1. The average molecular weight is 279 g/mol. The highest BCUT2D eigenvalue weighted by molar-refractivity contribution is 6.07. The lowest BCUT2D eigenvalue weighted by atomic mass is 10.1. The molecule has 0 saturated carbocycles. The number of ether oxygens (including phenoxy) is 1. The number of hydrogen-bond acceptors (Lipinski definition) is 6. The number of nitrogens with zero attached hydrogens (tertiary/aromatic N) is 1. The number of carbonyl (C=O) groups is 2. The molecule has 1 atom stereocenters. The highest BCUT2D eigenvalue weighted by Gasteiger charge is 2.24. The monoisotopic (exact) mass is 279 g/mol. The molecule has 0 bridgehead atoms. The quantitative estimate of drug-likeness (QED) is 0.771. The average Bonchev–Trinajstić information content (AvgIpc) is 2.75. The van der Waals surface area contributed by atoms with Crippen molar-refractivity contribution in [1.82, 2.24) is 15.3 Å². The van der Waals surface area contributed by atoms with Gasteiger partial charge in [-0.3, -0.25) is 9.59 Å². The summed E-state index contributed by atoms with van der Waals surface area (Å²) in [4.78, 5) is 41.4. The second-order valence-electron chi connectivity index (χ2n) is 4.16. The molecule has 0 radical (unpaired) electrons. The summed E-state index contributed by atoms with van der Waals surface area (Å²) >= 11 is 0. The molecule has 2 N–H and O–H groups in total. The molecule has 2 aromatic rings. The zero-order valence-electron chi connectivity index (χ0n) is 11.1. The number of methoxy groups -OCH3 is 1. The van der Waals surface area contributed by atoms with Crippen LogP contribution in [-0.4, -0.2) is 35.0 Å².